The Bertz CT molecular complexity index is 1450. The fraction of sp³-hybridized carbons (Fsp3) is 0.594. The molecular formula is C32H41ClF4N8O. The van der Waals surface area contributed by atoms with Crippen molar-refractivity contribution in [3.63, 3.8) is 0 Å². The van der Waals surface area contributed by atoms with Gasteiger partial charge in [-0.3, -0.25) is 19.5 Å². The first-order valence-electron chi connectivity index (χ1n) is 15.9. The number of piperidine rings is 1. The van der Waals surface area contributed by atoms with E-state index in [0.29, 0.717) is 30.0 Å². The Morgan fingerprint density at radius 1 is 1.00 bits per heavy atom. The number of halogens is 5. The van der Waals surface area contributed by atoms with Crippen LogP contribution in [0.2, 0.25) is 5.02 Å². The number of likely N-dealkylation sites (N-methyl/N-ethyl adjacent to an activating group) is 2. The summed E-state index contributed by atoms with van der Waals surface area (Å²) >= 11 is 5.97. The van der Waals surface area contributed by atoms with Crippen LogP contribution in [0.15, 0.2) is 35.4 Å². The molecule has 1 unspecified atom stereocenters. The molecule has 0 bridgehead atoms. The second kappa shape index (κ2) is 13.3. The van der Waals surface area contributed by atoms with E-state index in [2.05, 4.69) is 36.7 Å². The normalized spacial score (nSPS) is 23.1. The maximum absolute atomic E-state index is 13.8. The van der Waals surface area contributed by atoms with E-state index in [1.807, 2.05) is 0 Å². The highest BCUT2D eigenvalue weighted by Gasteiger charge is 2.41. The molecule has 1 amide bonds. The summed E-state index contributed by atoms with van der Waals surface area (Å²) in [5.41, 5.74) is 0.374. The first kappa shape index (κ1) is 33.1. The smallest absolute Gasteiger partial charge is 0.314 e. The quantitative estimate of drug-likeness (QED) is 0.412. The third-order valence-corrected chi connectivity index (χ3v) is 10.1. The topological polar surface area (TPSA) is 61.8 Å². The number of piperazine rings is 1. The molecule has 0 spiro atoms. The highest BCUT2D eigenvalue weighted by Crippen LogP contribution is 2.35. The minimum Gasteiger partial charge on any atom is -0.314 e. The van der Waals surface area contributed by atoms with Gasteiger partial charge in [0.2, 0.25) is 0 Å². The molecule has 4 aliphatic rings. The number of benzene rings is 1. The van der Waals surface area contributed by atoms with Crippen molar-refractivity contribution in [1.29, 1.82) is 0 Å². The Balaban J connectivity index is 1.12. The van der Waals surface area contributed by atoms with Crippen molar-refractivity contribution in [3.8, 4) is 0 Å². The number of amides is 1. The van der Waals surface area contributed by atoms with Gasteiger partial charge < -0.3 is 9.80 Å². The van der Waals surface area contributed by atoms with Crippen molar-refractivity contribution >= 4 is 34.7 Å². The molecule has 0 N–H and O–H groups in total. The SMILES string of the molecule is Cc1cc(C(F)(F)F)cc(N2N=C(CN3CC(N4CCC(N5CCN(C)CC5)CC4)C3)CC2C(=O)N(C)c2ccc(F)c(Cl)c2)n1. The van der Waals surface area contributed by atoms with Crippen LogP contribution >= 0.6 is 11.6 Å². The van der Waals surface area contributed by atoms with Crippen molar-refractivity contribution in [1.82, 2.24) is 24.6 Å². The van der Waals surface area contributed by atoms with Gasteiger partial charge in [-0.25, -0.2) is 14.4 Å². The molecule has 2 aromatic rings. The lowest BCUT2D eigenvalue weighted by Crippen LogP contribution is -2.62. The van der Waals surface area contributed by atoms with Crippen molar-refractivity contribution < 1.29 is 22.4 Å². The molecule has 5 heterocycles. The van der Waals surface area contributed by atoms with Crippen LogP contribution in [0, 0.1) is 12.7 Å². The molecule has 1 aromatic carbocycles. The first-order chi connectivity index (χ1) is 21.9. The standard InChI is InChI=1S/C32H41ClF4N8O/c1-21-14-22(32(35,36)37)15-30(38-21)45-29(31(46)41(3)25-4-5-28(34)27(33)17-25)16-23(39-45)18-42-19-26(20-42)43-8-6-24(7-9-43)44-12-10-40(2)11-13-44/h4-5,14-15,17,24,26,29H,6-13,16,18-20H2,1-3H3. The van der Waals surface area contributed by atoms with E-state index in [1.54, 1.807) is 0 Å². The first-order valence-corrected chi connectivity index (χ1v) is 16.3. The predicted molar refractivity (Wildman–Crippen MR) is 171 cm³/mol. The molecule has 1 aromatic heterocycles. The number of hydrogen-bond acceptors (Lipinski definition) is 8. The molecule has 0 aliphatic carbocycles. The number of hydrazone groups is 1. The average molecular weight is 665 g/mol. The summed E-state index contributed by atoms with van der Waals surface area (Å²) < 4.78 is 55.0. The van der Waals surface area contributed by atoms with E-state index in [-0.39, 0.29) is 23.0 Å². The minimum atomic E-state index is -4.58. The fourth-order valence-corrected chi connectivity index (χ4v) is 7.19. The molecule has 9 nitrogen and oxygen atoms in total. The summed E-state index contributed by atoms with van der Waals surface area (Å²) in [6.07, 6.45) is -1.99. The lowest BCUT2D eigenvalue weighted by atomic mass is 9.97. The molecule has 0 radical (unpaired) electrons. The number of carbonyl (C=O) groups excluding carboxylic acids is 1. The van der Waals surface area contributed by atoms with Gasteiger partial charge in [0.25, 0.3) is 5.91 Å². The summed E-state index contributed by atoms with van der Waals surface area (Å²) in [6.45, 7) is 10.5. The summed E-state index contributed by atoms with van der Waals surface area (Å²) in [5, 5.41) is 5.85. The van der Waals surface area contributed by atoms with Gasteiger partial charge in [-0.15, -0.1) is 0 Å². The number of hydrogen-bond donors (Lipinski definition) is 0. The van der Waals surface area contributed by atoms with Crippen molar-refractivity contribution in [3.05, 3.63) is 52.4 Å². The Morgan fingerprint density at radius 3 is 2.33 bits per heavy atom. The Labute approximate surface area is 272 Å². The zero-order chi connectivity index (χ0) is 32.7. The number of aryl methyl sites for hydroxylation is 1. The van der Waals surface area contributed by atoms with Crippen LogP contribution in [0.5, 0.6) is 0 Å². The second-order valence-electron chi connectivity index (χ2n) is 13.0. The number of rotatable bonds is 7. The average Bonchev–Trinajstić information content (AvgIpc) is 3.43. The fourth-order valence-electron chi connectivity index (χ4n) is 7.01. The number of anilines is 2. The third kappa shape index (κ3) is 7.18. The van der Waals surface area contributed by atoms with E-state index in [1.165, 1.54) is 54.9 Å². The lowest BCUT2D eigenvalue weighted by Gasteiger charge is -2.49. The highest BCUT2D eigenvalue weighted by molar-refractivity contribution is 6.31. The van der Waals surface area contributed by atoms with Gasteiger partial charge in [0.05, 0.1) is 16.3 Å². The van der Waals surface area contributed by atoms with Gasteiger partial charge in [-0.05, 0) is 57.1 Å². The number of alkyl halides is 3. The summed E-state index contributed by atoms with van der Waals surface area (Å²) in [7, 11) is 3.71. The van der Waals surface area contributed by atoms with Crippen LogP contribution < -0.4 is 9.91 Å². The van der Waals surface area contributed by atoms with E-state index in [9.17, 15) is 22.4 Å². The van der Waals surface area contributed by atoms with Gasteiger partial charge >= 0.3 is 6.18 Å². The van der Waals surface area contributed by atoms with E-state index in [0.717, 1.165) is 64.5 Å². The van der Waals surface area contributed by atoms with Gasteiger partial charge in [-0.1, -0.05) is 11.6 Å². The molecule has 14 heteroatoms. The zero-order valence-electron chi connectivity index (χ0n) is 26.5. The highest BCUT2D eigenvalue weighted by atomic mass is 35.5. The number of nitrogens with zero attached hydrogens (tertiary/aromatic N) is 8. The third-order valence-electron chi connectivity index (χ3n) is 9.80. The number of carbonyl (C=O) groups is 1. The van der Waals surface area contributed by atoms with Crippen LogP contribution in [0.4, 0.5) is 29.1 Å². The molecule has 3 fully saturated rings. The summed E-state index contributed by atoms with van der Waals surface area (Å²) in [4.78, 5) is 29.4. The molecule has 46 heavy (non-hydrogen) atoms. The van der Waals surface area contributed by atoms with Gasteiger partial charge in [0.15, 0.2) is 0 Å². The largest absolute Gasteiger partial charge is 0.416 e. The van der Waals surface area contributed by atoms with Gasteiger partial charge in [0, 0.05) is 95.8 Å². The number of aromatic nitrogens is 1. The minimum absolute atomic E-state index is 0.0454. The summed E-state index contributed by atoms with van der Waals surface area (Å²) in [5.74, 6) is -1.07. The summed E-state index contributed by atoms with van der Waals surface area (Å²) in [6, 6.07) is 6.05. The van der Waals surface area contributed by atoms with Crippen molar-refractivity contribution in [2.24, 2.45) is 5.10 Å². The zero-order valence-corrected chi connectivity index (χ0v) is 27.2. The van der Waals surface area contributed by atoms with Crippen LogP contribution in [0.1, 0.15) is 30.5 Å². The molecular weight excluding hydrogens is 624 g/mol. The maximum atomic E-state index is 13.8. The van der Waals surface area contributed by atoms with Crippen molar-refractivity contribution in [2.75, 3.05) is 82.9 Å². The van der Waals surface area contributed by atoms with Crippen LogP contribution in [-0.2, 0) is 11.0 Å². The van der Waals surface area contributed by atoms with Crippen LogP contribution in [-0.4, -0.2) is 127 Å². The number of likely N-dealkylation sites (tertiary alicyclic amines) is 2. The second-order valence-corrected chi connectivity index (χ2v) is 13.4. The molecule has 250 valence electrons. The van der Waals surface area contributed by atoms with Crippen LogP contribution in [0.3, 0.4) is 0 Å². The molecule has 3 saturated heterocycles. The molecule has 1 atom stereocenters. The monoisotopic (exact) mass is 664 g/mol. The maximum Gasteiger partial charge on any atom is 0.416 e. The van der Waals surface area contributed by atoms with Gasteiger partial charge in [-0.2, -0.15) is 18.3 Å². The van der Waals surface area contributed by atoms with Crippen molar-refractivity contribution in [2.45, 2.75) is 50.5 Å². The van der Waals surface area contributed by atoms with E-state index >= 15 is 0 Å². The Morgan fingerprint density at radius 2 is 1.67 bits per heavy atom. The molecule has 4 aliphatic heterocycles. The number of pyridine rings is 1. The van der Waals surface area contributed by atoms with E-state index in [4.69, 9.17) is 11.6 Å². The lowest BCUT2D eigenvalue weighted by molar-refractivity contribution is -0.137. The Kier molecular flexibility index (Phi) is 9.60. The molecule has 6 rings (SSSR count). The predicted octanol–water partition coefficient (Wildman–Crippen LogP) is 4.20. The van der Waals surface area contributed by atoms with E-state index < -0.39 is 29.5 Å². The van der Waals surface area contributed by atoms with Gasteiger partial charge in [0.1, 0.15) is 17.7 Å². The van der Waals surface area contributed by atoms with Crippen LogP contribution in [0.25, 0.3) is 0 Å². The molecule has 0 saturated carbocycles. The Hall–Kier alpha value is -2.84.